The minimum Gasteiger partial charge on any atom is -0.370 e. The van der Waals surface area contributed by atoms with E-state index in [0.29, 0.717) is 18.5 Å². The molecule has 5 nitrogen and oxygen atoms in total. The number of nitrogens with two attached hydrogens (primary N) is 1. The fourth-order valence-corrected chi connectivity index (χ4v) is 1.89. The second-order valence-electron chi connectivity index (χ2n) is 3.65. The smallest absolute Gasteiger partial charge is 0.188 e. The second kappa shape index (κ2) is 6.33. The molecular formula is C9H16IN5S. The number of halogens is 1. The lowest BCUT2D eigenvalue weighted by Crippen LogP contribution is -2.33. The molecule has 1 aromatic rings. The molecular weight excluding hydrogens is 337 g/mol. The van der Waals surface area contributed by atoms with Crippen molar-refractivity contribution in [3.8, 4) is 0 Å². The molecule has 0 atom stereocenters. The molecule has 0 spiro atoms. The van der Waals surface area contributed by atoms with Gasteiger partial charge in [0.2, 0.25) is 0 Å². The molecule has 1 saturated carbocycles. The van der Waals surface area contributed by atoms with Gasteiger partial charge in [-0.2, -0.15) is 0 Å². The minimum absolute atomic E-state index is 0. The molecule has 2 rings (SSSR count). The van der Waals surface area contributed by atoms with Crippen LogP contribution < -0.4 is 11.1 Å². The van der Waals surface area contributed by atoms with Crippen LogP contribution in [0, 0.1) is 6.92 Å². The van der Waals surface area contributed by atoms with Crippen LogP contribution in [0.15, 0.2) is 4.99 Å². The largest absolute Gasteiger partial charge is 0.370 e. The van der Waals surface area contributed by atoms with E-state index in [1.54, 1.807) is 11.3 Å². The Morgan fingerprint density at radius 2 is 2.31 bits per heavy atom. The van der Waals surface area contributed by atoms with Gasteiger partial charge in [-0.1, -0.05) is 0 Å². The highest BCUT2D eigenvalue weighted by Crippen LogP contribution is 2.18. The predicted octanol–water partition coefficient (Wildman–Crippen LogP) is 1.07. The van der Waals surface area contributed by atoms with Crippen LogP contribution in [0.2, 0.25) is 0 Å². The monoisotopic (exact) mass is 353 g/mol. The molecule has 0 aliphatic heterocycles. The highest BCUT2D eigenvalue weighted by molar-refractivity contribution is 14.0. The lowest BCUT2D eigenvalue weighted by molar-refractivity contribution is 0.859. The van der Waals surface area contributed by atoms with Crippen LogP contribution in [-0.2, 0) is 6.42 Å². The van der Waals surface area contributed by atoms with Crippen molar-refractivity contribution >= 4 is 41.3 Å². The zero-order chi connectivity index (χ0) is 10.7. The normalized spacial score (nSPS) is 15.7. The number of aromatic nitrogens is 2. The Kier molecular flexibility index (Phi) is 5.39. The number of rotatable bonds is 4. The predicted molar refractivity (Wildman–Crippen MR) is 76.4 cm³/mol. The number of nitrogens with zero attached hydrogens (tertiary/aromatic N) is 3. The Hall–Kier alpha value is -0.440. The van der Waals surface area contributed by atoms with Gasteiger partial charge >= 0.3 is 0 Å². The second-order valence-corrected chi connectivity index (χ2v) is 4.92. The van der Waals surface area contributed by atoms with Gasteiger partial charge in [-0.3, -0.25) is 4.99 Å². The average Bonchev–Trinajstić information content (AvgIpc) is 2.89. The topological polar surface area (TPSA) is 76.2 Å². The minimum atomic E-state index is 0. The highest BCUT2D eigenvalue weighted by atomic mass is 127. The molecule has 0 radical (unpaired) electrons. The quantitative estimate of drug-likeness (QED) is 0.482. The first-order valence-corrected chi connectivity index (χ1v) is 5.91. The number of hydrogen-bond donors (Lipinski definition) is 2. The fraction of sp³-hybridized carbons (Fsp3) is 0.667. The molecule has 1 aliphatic rings. The van der Waals surface area contributed by atoms with Crippen LogP contribution in [0.1, 0.15) is 22.9 Å². The Bertz CT molecular complexity index is 361. The molecule has 7 heteroatoms. The van der Waals surface area contributed by atoms with E-state index >= 15 is 0 Å². The van der Waals surface area contributed by atoms with Crippen molar-refractivity contribution in [3.05, 3.63) is 10.0 Å². The van der Waals surface area contributed by atoms with Crippen LogP contribution >= 0.6 is 35.3 Å². The van der Waals surface area contributed by atoms with Gasteiger partial charge in [-0.05, 0) is 19.8 Å². The summed E-state index contributed by atoms with van der Waals surface area (Å²) in [4.78, 5) is 4.23. The van der Waals surface area contributed by atoms with E-state index < -0.39 is 0 Å². The van der Waals surface area contributed by atoms with Gasteiger partial charge in [0.25, 0.3) is 0 Å². The summed E-state index contributed by atoms with van der Waals surface area (Å²) in [5, 5.41) is 13.1. The maximum atomic E-state index is 5.69. The highest BCUT2D eigenvalue weighted by Gasteiger charge is 2.21. The summed E-state index contributed by atoms with van der Waals surface area (Å²) in [5.41, 5.74) is 5.69. The third kappa shape index (κ3) is 4.60. The molecule has 3 N–H and O–H groups in total. The molecule has 16 heavy (non-hydrogen) atoms. The SMILES string of the molecule is Cc1nnc(CCN=C(N)NC2CC2)s1.I. The summed E-state index contributed by atoms with van der Waals surface area (Å²) in [6.45, 7) is 2.63. The van der Waals surface area contributed by atoms with Gasteiger partial charge in [0.05, 0.1) is 0 Å². The molecule has 0 unspecified atom stereocenters. The maximum absolute atomic E-state index is 5.69. The zero-order valence-corrected chi connectivity index (χ0v) is 12.3. The van der Waals surface area contributed by atoms with Crippen LogP contribution in [0.25, 0.3) is 0 Å². The molecule has 1 aliphatic carbocycles. The van der Waals surface area contributed by atoms with Crippen LogP contribution in [0.3, 0.4) is 0 Å². The van der Waals surface area contributed by atoms with Crippen molar-refractivity contribution in [1.82, 2.24) is 15.5 Å². The van der Waals surface area contributed by atoms with E-state index in [-0.39, 0.29) is 24.0 Å². The first kappa shape index (κ1) is 13.6. The fourth-order valence-electron chi connectivity index (χ4n) is 1.19. The summed E-state index contributed by atoms with van der Waals surface area (Å²) in [7, 11) is 0. The Morgan fingerprint density at radius 1 is 1.56 bits per heavy atom. The van der Waals surface area contributed by atoms with Crippen molar-refractivity contribution < 1.29 is 0 Å². The number of aryl methyl sites for hydroxylation is 1. The van der Waals surface area contributed by atoms with E-state index in [9.17, 15) is 0 Å². The molecule has 90 valence electrons. The van der Waals surface area contributed by atoms with Crippen molar-refractivity contribution in [1.29, 1.82) is 0 Å². The Balaban J connectivity index is 0.00000128. The Morgan fingerprint density at radius 3 is 2.88 bits per heavy atom. The van der Waals surface area contributed by atoms with E-state index in [0.717, 1.165) is 16.4 Å². The first-order valence-electron chi connectivity index (χ1n) is 5.09. The molecule has 1 heterocycles. The summed E-state index contributed by atoms with van der Waals surface area (Å²) in [5.74, 6) is 0.554. The number of aliphatic imine (C=N–C) groups is 1. The first-order chi connectivity index (χ1) is 7.24. The van der Waals surface area contributed by atoms with Crippen molar-refractivity contribution in [2.75, 3.05) is 6.54 Å². The molecule has 0 bridgehead atoms. The van der Waals surface area contributed by atoms with Gasteiger partial charge in [-0.15, -0.1) is 45.5 Å². The van der Waals surface area contributed by atoms with Gasteiger partial charge < -0.3 is 11.1 Å². The van der Waals surface area contributed by atoms with Crippen LogP contribution in [0.4, 0.5) is 0 Å². The van der Waals surface area contributed by atoms with Gasteiger partial charge in [0.15, 0.2) is 5.96 Å². The lowest BCUT2D eigenvalue weighted by Gasteiger charge is -2.01. The third-order valence-corrected chi connectivity index (χ3v) is 3.00. The molecule has 0 saturated heterocycles. The van der Waals surface area contributed by atoms with Gasteiger partial charge in [0.1, 0.15) is 10.0 Å². The number of hydrogen-bond acceptors (Lipinski definition) is 4. The van der Waals surface area contributed by atoms with E-state index in [1.807, 2.05) is 6.92 Å². The van der Waals surface area contributed by atoms with E-state index in [4.69, 9.17) is 5.73 Å². The standard InChI is InChI=1S/C9H15N5S.HI/c1-6-13-14-8(15-6)4-5-11-9(10)12-7-2-3-7;/h7H,2-5H2,1H3,(H3,10,11,12);1H. The average molecular weight is 353 g/mol. The van der Waals surface area contributed by atoms with Crippen molar-refractivity contribution in [2.45, 2.75) is 32.2 Å². The molecule has 0 aromatic carbocycles. The van der Waals surface area contributed by atoms with Crippen molar-refractivity contribution in [3.63, 3.8) is 0 Å². The summed E-state index contributed by atoms with van der Waals surface area (Å²) in [6, 6.07) is 0.567. The van der Waals surface area contributed by atoms with Gasteiger partial charge in [-0.25, -0.2) is 0 Å². The maximum Gasteiger partial charge on any atom is 0.188 e. The van der Waals surface area contributed by atoms with Crippen LogP contribution in [-0.4, -0.2) is 28.7 Å². The number of nitrogens with one attached hydrogen (secondary N) is 1. The summed E-state index contributed by atoms with van der Waals surface area (Å²) in [6.07, 6.45) is 3.25. The van der Waals surface area contributed by atoms with Gasteiger partial charge in [0, 0.05) is 19.0 Å². The lowest BCUT2D eigenvalue weighted by atomic mass is 10.4. The molecule has 1 aromatic heterocycles. The summed E-state index contributed by atoms with van der Waals surface area (Å²) < 4.78 is 0. The van der Waals surface area contributed by atoms with E-state index in [1.165, 1.54) is 12.8 Å². The van der Waals surface area contributed by atoms with Crippen molar-refractivity contribution in [2.24, 2.45) is 10.7 Å². The zero-order valence-electron chi connectivity index (χ0n) is 9.14. The summed E-state index contributed by atoms with van der Waals surface area (Å²) >= 11 is 1.61. The molecule has 0 amide bonds. The Labute approximate surface area is 116 Å². The molecule has 1 fully saturated rings. The van der Waals surface area contributed by atoms with Crippen LogP contribution in [0.5, 0.6) is 0 Å². The van der Waals surface area contributed by atoms with E-state index in [2.05, 4.69) is 20.5 Å². The third-order valence-electron chi connectivity index (χ3n) is 2.11. The number of guanidine groups is 1.